The van der Waals surface area contributed by atoms with E-state index in [1.807, 2.05) is 0 Å². The van der Waals surface area contributed by atoms with E-state index in [0.717, 1.165) is 6.08 Å². The summed E-state index contributed by atoms with van der Waals surface area (Å²) < 4.78 is 48.1. The summed E-state index contributed by atoms with van der Waals surface area (Å²) >= 11 is 0. The van der Waals surface area contributed by atoms with Gasteiger partial charge in [-0.25, -0.2) is 4.39 Å². The summed E-state index contributed by atoms with van der Waals surface area (Å²) in [6.07, 6.45) is -3.22. The first-order valence-corrected chi connectivity index (χ1v) is 3.10. The molecule has 1 unspecified atom stereocenters. The monoisotopic (exact) mass is 166 g/mol. The number of rotatable bonds is 0. The van der Waals surface area contributed by atoms with Gasteiger partial charge in [0.15, 0.2) is 0 Å². The van der Waals surface area contributed by atoms with Crippen LogP contribution in [0.25, 0.3) is 0 Å². The van der Waals surface area contributed by atoms with E-state index in [9.17, 15) is 17.6 Å². The number of hydrogen-bond acceptors (Lipinski definition) is 0. The molecule has 4 heteroatoms. The van der Waals surface area contributed by atoms with Gasteiger partial charge in [0.2, 0.25) is 0 Å². The second-order valence-corrected chi connectivity index (χ2v) is 2.25. The van der Waals surface area contributed by atoms with Crippen molar-refractivity contribution in [2.24, 2.45) is 0 Å². The van der Waals surface area contributed by atoms with Crippen LogP contribution in [0, 0.1) is 0 Å². The lowest BCUT2D eigenvalue weighted by Crippen LogP contribution is -2.21. The Kier molecular flexibility index (Phi) is 2.02. The second kappa shape index (κ2) is 2.68. The second-order valence-electron chi connectivity index (χ2n) is 2.25. The van der Waals surface area contributed by atoms with E-state index >= 15 is 0 Å². The molecule has 0 bridgehead atoms. The molecule has 1 aliphatic rings. The van der Waals surface area contributed by atoms with Crippen molar-refractivity contribution in [3.63, 3.8) is 0 Å². The number of hydrogen-bond donors (Lipinski definition) is 0. The van der Waals surface area contributed by atoms with Crippen LogP contribution in [-0.2, 0) is 0 Å². The average Bonchev–Trinajstić information content (AvgIpc) is 1.86. The summed E-state index contributed by atoms with van der Waals surface area (Å²) in [7, 11) is 0. The molecule has 0 N–H and O–H groups in total. The lowest BCUT2D eigenvalue weighted by atomic mass is 10.0. The molecular weight excluding hydrogens is 160 g/mol. The molecule has 11 heavy (non-hydrogen) atoms. The van der Waals surface area contributed by atoms with Crippen LogP contribution in [0.5, 0.6) is 0 Å². The Bertz CT molecular complexity index is 199. The highest BCUT2D eigenvalue weighted by atomic mass is 19.4. The van der Waals surface area contributed by atoms with E-state index in [4.69, 9.17) is 0 Å². The standard InChI is InChI=1S/C7H6F4/c8-6-4-2-1-3-5(6)7(9,10)11/h1-3,6H,4H2. The molecule has 1 atom stereocenters. The fraction of sp³-hybridized carbons (Fsp3) is 0.429. The van der Waals surface area contributed by atoms with Gasteiger partial charge in [0.1, 0.15) is 6.17 Å². The highest BCUT2D eigenvalue weighted by Crippen LogP contribution is 2.32. The minimum absolute atomic E-state index is 0.175. The van der Waals surface area contributed by atoms with E-state index in [1.54, 1.807) is 0 Å². The Labute approximate surface area is 61.2 Å². The highest BCUT2D eigenvalue weighted by Gasteiger charge is 2.38. The molecule has 0 saturated heterocycles. The predicted octanol–water partition coefficient (Wildman–Crippen LogP) is 2.77. The van der Waals surface area contributed by atoms with Gasteiger partial charge in [-0.05, 0) is 0 Å². The fourth-order valence-corrected chi connectivity index (χ4v) is 0.873. The van der Waals surface area contributed by atoms with Crippen LogP contribution in [0.4, 0.5) is 17.6 Å². The number of alkyl halides is 4. The van der Waals surface area contributed by atoms with E-state index < -0.39 is 17.9 Å². The van der Waals surface area contributed by atoms with Gasteiger partial charge in [0.25, 0.3) is 0 Å². The van der Waals surface area contributed by atoms with Crippen molar-refractivity contribution in [3.8, 4) is 0 Å². The maximum atomic E-state index is 12.5. The Balaban J connectivity index is 2.84. The van der Waals surface area contributed by atoms with Crippen molar-refractivity contribution >= 4 is 0 Å². The van der Waals surface area contributed by atoms with Crippen molar-refractivity contribution in [3.05, 3.63) is 23.8 Å². The minimum atomic E-state index is -4.52. The SMILES string of the molecule is FC1CC=CC=C1C(F)(F)F. The van der Waals surface area contributed by atoms with Gasteiger partial charge >= 0.3 is 6.18 Å². The normalized spacial score (nSPS) is 25.1. The highest BCUT2D eigenvalue weighted by molar-refractivity contribution is 5.25. The molecule has 0 radical (unpaired) electrons. The molecule has 0 nitrogen and oxygen atoms in total. The van der Waals surface area contributed by atoms with Gasteiger partial charge < -0.3 is 0 Å². The predicted molar refractivity (Wildman–Crippen MR) is 32.8 cm³/mol. The molecule has 0 spiro atoms. The van der Waals surface area contributed by atoms with Crippen LogP contribution in [0.1, 0.15) is 6.42 Å². The first kappa shape index (κ1) is 8.30. The first-order chi connectivity index (χ1) is 5.02. The summed E-state index contributed by atoms with van der Waals surface area (Å²) in [5.74, 6) is 0. The Morgan fingerprint density at radius 2 is 2.00 bits per heavy atom. The van der Waals surface area contributed by atoms with Gasteiger partial charge in [-0.1, -0.05) is 18.2 Å². The largest absolute Gasteiger partial charge is 0.415 e. The Morgan fingerprint density at radius 1 is 1.36 bits per heavy atom. The molecule has 0 aromatic carbocycles. The topological polar surface area (TPSA) is 0 Å². The van der Waals surface area contributed by atoms with E-state index in [1.165, 1.54) is 12.2 Å². The molecule has 0 fully saturated rings. The van der Waals surface area contributed by atoms with Crippen molar-refractivity contribution in [2.75, 3.05) is 0 Å². The van der Waals surface area contributed by atoms with Crippen molar-refractivity contribution < 1.29 is 17.6 Å². The van der Waals surface area contributed by atoms with Crippen LogP contribution in [0.2, 0.25) is 0 Å². The first-order valence-electron chi connectivity index (χ1n) is 3.10. The molecule has 0 heterocycles. The van der Waals surface area contributed by atoms with Gasteiger partial charge in [-0.2, -0.15) is 13.2 Å². The third-order valence-corrected chi connectivity index (χ3v) is 1.42. The van der Waals surface area contributed by atoms with Gasteiger partial charge in [0.05, 0.1) is 5.57 Å². The maximum Gasteiger partial charge on any atom is 0.415 e. The molecule has 1 aliphatic carbocycles. The smallest absolute Gasteiger partial charge is 0.242 e. The summed E-state index contributed by atoms with van der Waals surface area (Å²) in [5.41, 5.74) is -1.08. The average molecular weight is 166 g/mol. The molecule has 0 aromatic rings. The molecule has 0 aromatic heterocycles. The lowest BCUT2D eigenvalue weighted by molar-refractivity contribution is -0.100. The van der Waals surface area contributed by atoms with Crippen molar-refractivity contribution in [1.82, 2.24) is 0 Å². The molecular formula is C7H6F4. The van der Waals surface area contributed by atoms with Crippen LogP contribution >= 0.6 is 0 Å². The van der Waals surface area contributed by atoms with E-state index in [2.05, 4.69) is 0 Å². The van der Waals surface area contributed by atoms with Gasteiger partial charge in [-0.3, -0.25) is 0 Å². The van der Waals surface area contributed by atoms with Crippen LogP contribution < -0.4 is 0 Å². The molecule has 0 aliphatic heterocycles. The summed E-state index contributed by atoms with van der Waals surface area (Å²) in [4.78, 5) is 0. The quantitative estimate of drug-likeness (QED) is 0.485. The summed E-state index contributed by atoms with van der Waals surface area (Å²) in [6, 6.07) is 0. The molecule has 1 rings (SSSR count). The third kappa shape index (κ3) is 1.82. The van der Waals surface area contributed by atoms with Crippen molar-refractivity contribution in [1.29, 1.82) is 0 Å². The van der Waals surface area contributed by atoms with E-state index in [-0.39, 0.29) is 6.42 Å². The maximum absolute atomic E-state index is 12.5. The summed E-state index contributed by atoms with van der Waals surface area (Å²) in [5, 5.41) is 0. The lowest BCUT2D eigenvalue weighted by Gasteiger charge is -2.16. The Morgan fingerprint density at radius 3 is 2.36 bits per heavy atom. The fourth-order valence-electron chi connectivity index (χ4n) is 0.873. The number of allylic oxidation sites excluding steroid dienone is 4. The van der Waals surface area contributed by atoms with Crippen LogP contribution in [0.3, 0.4) is 0 Å². The molecule has 0 amide bonds. The zero-order valence-corrected chi connectivity index (χ0v) is 5.53. The van der Waals surface area contributed by atoms with Gasteiger partial charge in [0, 0.05) is 6.42 Å². The minimum Gasteiger partial charge on any atom is -0.242 e. The third-order valence-electron chi connectivity index (χ3n) is 1.42. The number of halogens is 4. The van der Waals surface area contributed by atoms with Crippen LogP contribution in [0.15, 0.2) is 23.8 Å². The van der Waals surface area contributed by atoms with Gasteiger partial charge in [-0.15, -0.1) is 0 Å². The van der Waals surface area contributed by atoms with E-state index in [0.29, 0.717) is 0 Å². The van der Waals surface area contributed by atoms with Crippen LogP contribution in [-0.4, -0.2) is 12.3 Å². The zero-order chi connectivity index (χ0) is 8.48. The zero-order valence-electron chi connectivity index (χ0n) is 5.53. The molecule has 0 saturated carbocycles. The molecule has 62 valence electrons. The van der Waals surface area contributed by atoms with Crippen molar-refractivity contribution in [2.45, 2.75) is 18.8 Å². The Hall–Kier alpha value is -0.800. The summed E-state index contributed by atoms with van der Waals surface area (Å²) in [6.45, 7) is 0.